The van der Waals surface area contributed by atoms with Crippen LogP contribution in [-0.4, -0.2) is 23.3 Å². The molecule has 5 nitrogen and oxygen atoms in total. The van der Waals surface area contributed by atoms with E-state index in [0.29, 0.717) is 22.3 Å². The highest BCUT2D eigenvalue weighted by Gasteiger charge is 2.32. The number of rotatable bonds is 6. The number of aromatic nitrogens is 1. The third-order valence-corrected chi connectivity index (χ3v) is 6.49. The maximum absolute atomic E-state index is 12.7. The smallest absolute Gasteiger partial charge is 0.257 e. The molecule has 154 valence electrons. The lowest BCUT2D eigenvalue weighted by Gasteiger charge is -2.11. The summed E-state index contributed by atoms with van der Waals surface area (Å²) in [6, 6.07) is 15.0. The van der Waals surface area contributed by atoms with E-state index in [1.807, 2.05) is 43.3 Å². The molecule has 0 saturated carbocycles. The molecule has 3 aromatic rings. The van der Waals surface area contributed by atoms with Gasteiger partial charge in [0.2, 0.25) is 5.91 Å². The lowest BCUT2D eigenvalue weighted by atomic mass is 10.1. The number of carbonyl (C=O) groups excluding carboxylic acids is 2. The van der Waals surface area contributed by atoms with E-state index >= 15 is 0 Å². The van der Waals surface area contributed by atoms with Gasteiger partial charge < -0.3 is 5.32 Å². The van der Waals surface area contributed by atoms with Gasteiger partial charge in [-0.05, 0) is 56.0 Å². The highest BCUT2D eigenvalue weighted by atomic mass is 35.5. The highest BCUT2D eigenvalue weighted by molar-refractivity contribution is 7.16. The monoisotopic (exact) mass is 439 g/mol. The van der Waals surface area contributed by atoms with Crippen LogP contribution < -0.4 is 10.6 Å². The summed E-state index contributed by atoms with van der Waals surface area (Å²) >= 11 is 7.36. The number of halogens is 1. The molecule has 0 radical (unpaired) electrons. The van der Waals surface area contributed by atoms with Crippen molar-refractivity contribution in [2.75, 3.05) is 11.9 Å². The van der Waals surface area contributed by atoms with Crippen LogP contribution in [-0.2, 0) is 17.6 Å². The van der Waals surface area contributed by atoms with Crippen LogP contribution in [0.3, 0.4) is 0 Å². The Hall–Kier alpha value is -2.70. The topological polar surface area (TPSA) is 71.1 Å². The average Bonchev–Trinajstić information content (AvgIpc) is 3.30. The van der Waals surface area contributed by atoms with Crippen LogP contribution in [0.15, 0.2) is 48.5 Å². The van der Waals surface area contributed by atoms with E-state index in [9.17, 15) is 9.59 Å². The van der Waals surface area contributed by atoms with Crippen molar-refractivity contribution in [3.63, 3.8) is 0 Å². The van der Waals surface area contributed by atoms with Gasteiger partial charge in [0.05, 0.1) is 11.6 Å². The van der Waals surface area contributed by atoms with Crippen LogP contribution >= 0.6 is 22.9 Å². The molecule has 1 atom stereocenters. The Bertz CT molecular complexity index is 1060. The molecule has 0 saturated heterocycles. The number of fused-ring (bicyclic) bond motifs is 1. The van der Waals surface area contributed by atoms with Crippen molar-refractivity contribution < 1.29 is 9.59 Å². The fourth-order valence-corrected chi connectivity index (χ4v) is 4.67. The van der Waals surface area contributed by atoms with E-state index in [1.165, 1.54) is 11.3 Å². The minimum Gasteiger partial charge on any atom is -0.355 e. The Morgan fingerprint density at radius 2 is 1.87 bits per heavy atom. The molecule has 0 bridgehead atoms. The number of hydrogen-bond acceptors (Lipinski definition) is 4. The van der Waals surface area contributed by atoms with Crippen molar-refractivity contribution in [1.29, 1.82) is 0 Å². The standard InChI is InChI=1S/C23H22ClN3O2S/c1-14-2-6-16(7-3-14)21(28)27-23-26-20-18(10-11-19(20)30-23)22(29)25-13-12-15-4-8-17(24)9-5-15/h2-9,18H,10-13H2,1H3,(H,25,29)(H,26,27,28). The second kappa shape index (κ2) is 8.98. The van der Waals surface area contributed by atoms with Gasteiger partial charge in [-0.25, -0.2) is 4.98 Å². The molecule has 2 N–H and O–H groups in total. The molecule has 1 unspecified atom stereocenters. The van der Waals surface area contributed by atoms with Crippen molar-refractivity contribution in [1.82, 2.24) is 10.3 Å². The SMILES string of the molecule is Cc1ccc(C(=O)Nc2nc3c(s2)CCC3C(=O)NCCc2ccc(Cl)cc2)cc1. The minimum atomic E-state index is -0.258. The number of anilines is 1. The molecule has 0 aliphatic heterocycles. The van der Waals surface area contributed by atoms with Crippen molar-refractivity contribution in [3.8, 4) is 0 Å². The molecular weight excluding hydrogens is 418 g/mol. The quantitative estimate of drug-likeness (QED) is 0.582. The molecule has 1 aliphatic carbocycles. The maximum atomic E-state index is 12.7. The van der Waals surface area contributed by atoms with Crippen molar-refractivity contribution in [2.24, 2.45) is 0 Å². The zero-order valence-corrected chi connectivity index (χ0v) is 18.1. The summed E-state index contributed by atoms with van der Waals surface area (Å²) in [6.45, 7) is 2.54. The first-order chi connectivity index (χ1) is 14.5. The summed E-state index contributed by atoms with van der Waals surface area (Å²) in [7, 11) is 0. The Morgan fingerprint density at radius 3 is 2.60 bits per heavy atom. The van der Waals surface area contributed by atoms with E-state index in [0.717, 1.165) is 41.0 Å². The number of thiazole rings is 1. The van der Waals surface area contributed by atoms with Crippen molar-refractivity contribution in [2.45, 2.75) is 32.1 Å². The number of amides is 2. The number of benzene rings is 2. The molecule has 0 fully saturated rings. The summed E-state index contributed by atoms with van der Waals surface area (Å²) in [5.74, 6) is -0.456. The van der Waals surface area contributed by atoms with Gasteiger partial charge in [0.15, 0.2) is 5.13 Å². The molecule has 2 amide bonds. The van der Waals surface area contributed by atoms with Gasteiger partial charge in [0, 0.05) is 22.0 Å². The van der Waals surface area contributed by atoms with Crippen LogP contribution in [0.2, 0.25) is 5.02 Å². The third-order valence-electron chi connectivity index (χ3n) is 5.19. The highest BCUT2D eigenvalue weighted by Crippen LogP contribution is 2.38. The van der Waals surface area contributed by atoms with Crippen LogP contribution in [0.4, 0.5) is 5.13 Å². The summed E-state index contributed by atoms with van der Waals surface area (Å²) in [5.41, 5.74) is 3.61. The Balaban J connectivity index is 1.35. The second-order valence-electron chi connectivity index (χ2n) is 7.41. The molecule has 4 rings (SSSR count). The fraction of sp³-hybridized carbons (Fsp3) is 0.261. The van der Waals surface area contributed by atoms with Gasteiger partial charge in [-0.3, -0.25) is 14.9 Å². The zero-order chi connectivity index (χ0) is 21.1. The van der Waals surface area contributed by atoms with E-state index < -0.39 is 0 Å². The van der Waals surface area contributed by atoms with Crippen LogP contribution in [0, 0.1) is 6.92 Å². The van der Waals surface area contributed by atoms with Crippen LogP contribution in [0.1, 0.15) is 44.4 Å². The first kappa shape index (κ1) is 20.6. The first-order valence-electron chi connectivity index (χ1n) is 9.89. The molecule has 7 heteroatoms. The molecule has 1 aliphatic rings. The molecule has 2 aromatic carbocycles. The molecule has 0 spiro atoms. The predicted molar refractivity (Wildman–Crippen MR) is 120 cm³/mol. The van der Waals surface area contributed by atoms with Gasteiger partial charge in [-0.2, -0.15) is 0 Å². The van der Waals surface area contributed by atoms with Crippen LogP contribution in [0.25, 0.3) is 0 Å². The average molecular weight is 440 g/mol. The fourth-order valence-electron chi connectivity index (χ4n) is 3.51. The summed E-state index contributed by atoms with van der Waals surface area (Å²) in [5, 5.41) is 7.13. The van der Waals surface area contributed by atoms with Crippen molar-refractivity contribution >= 4 is 39.9 Å². The molecular formula is C23H22ClN3O2S. The molecule has 1 aromatic heterocycles. The Kier molecular flexibility index (Phi) is 6.16. The predicted octanol–water partition coefficient (Wildman–Crippen LogP) is 4.75. The molecule has 30 heavy (non-hydrogen) atoms. The minimum absolute atomic E-state index is 0.00979. The summed E-state index contributed by atoms with van der Waals surface area (Å²) in [6.07, 6.45) is 2.31. The second-order valence-corrected chi connectivity index (χ2v) is 8.93. The van der Waals surface area contributed by atoms with Gasteiger partial charge in [0.1, 0.15) is 0 Å². The van der Waals surface area contributed by atoms with E-state index in [4.69, 9.17) is 11.6 Å². The van der Waals surface area contributed by atoms with E-state index in [2.05, 4.69) is 15.6 Å². The lowest BCUT2D eigenvalue weighted by Crippen LogP contribution is -2.30. The number of nitrogens with zero attached hydrogens (tertiary/aromatic N) is 1. The van der Waals surface area contributed by atoms with Crippen LogP contribution in [0.5, 0.6) is 0 Å². The number of carbonyl (C=O) groups is 2. The van der Waals surface area contributed by atoms with Gasteiger partial charge in [-0.1, -0.05) is 41.4 Å². The summed E-state index contributed by atoms with van der Waals surface area (Å²) < 4.78 is 0. The number of nitrogens with one attached hydrogen (secondary N) is 2. The first-order valence-corrected chi connectivity index (χ1v) is 11.1. The van der Waals surface area contributed by atoms with Gasteiger partial charge in [-0.15, -0.1) is 11.3 Å². The number of aryl methyl sites for hydroxylation is 2. The Morgan fingerprint density at radius 1 is 1.13 bits per heavy atom. The normalized spacial score (nSPS) is 14.9. The zero-order valence-electron chi connectivity index (χ0n) is 16.6. The lowest BCUT2D eigenvalue weighted by molar-refractivity contribution is -0.122. The third kappa shape index (κ3) is 4.71. The maximum Gasteiger partial charge on any atom is 0.257 e. The Labute approximate surface area is 184 Å². The molecule has 1 heterocycles. The largest absolute Gasteiger partial charge is 0.355 e. The summed E-state index contributed by atoms with van der Waals surface area (Å²) in [4.78, 5) is 30.8. The number of hydrogen-bond donors (Lipinski definition) is 2. The van der Waals surface area contributed by atoms with E-state index in [1.54, 1.807) is 12.1 Å². The van der Waals surface area contributed by atoms with Gasteiger partial charge >= 0.3 is 0 Å². The van der Waals surface area contributed by atoms with Gasteiger partial charge in [0.25, 0.3) is 5.91 Å². The van der Waals surface area contributed by atoms with E-state index in [-0.39, 0.29) is 17.7 Å². The van der Waals surface area contributed by atoms with Crippen molar-refractivity contribution in [3.05, 3.63) is 80.8 Å².